The molecule has 0 rings (SSSR count). The molecular weight excluding hydrogens is 2970 g/mol. The van der Waals surface area contributed by atoms with Gasteiger partial charge < -0.3 is 49.6 Å². The standard InChI is InChI=1S/3H3N.H3O4P.3H2O.36O.12W/c;;;1-5(2,3)4;;;;;;;;;;;;;;;;;;;;;;;;;;;;;;;;;;;;;;;;;;;;;;;;;;;/h3*1H3;(H3,1,2,3,4);3*1H2;;;;;;;;;;;;;;;;;;;;;;;;;;;;;;;;;;;;;;;;;;;;;;;;. The molecule has 46 nitrogen and oxygen atoms in total. The summed E-state index contributed by atoms with van der Waals surface area (Å²) in [6, 6.07) is 0. The van der Waals surface area contributed by atoms with E-state index in [1.54, 1.807) is 0 Å². The first-order valence-corrected chi connectivity index (χ1v) is 51.5. The van der Waals surface area contributed by atoms with Gasteiger partial charge in [-0.15, -0.1) is 0 Å². The van der Waals surface area contributed by atoms with Gasteiger partial charge in [-0.05, 0) is 0 Å². The molecule has 0 radical (unpaired) electrons. The minimum atomic E-state index is -4.64. The van der Waals surface area contributed by atoms with Gasteiger partial charge in [-0.2, -0.15) is 0 Å². The monoisotopic (exact) mass is 2990 g/mol. The molecule has 0 aliphatic heterocycles. The number of hydrogen-bond acceptors (Lipinski definition) is 40. The second-order valence-electron chi connectivity index (χ2n) is 2.96. The zero-order valence-corrected chi connectivity index (χ0v) is 61.5. The van der Waals surface area contributed by atoms with Crippen LogP contribution in [0.3, 0.4) is 0 Å². The van der Waals surface area contributed by atoms with E-state index in [1.165, 1.54) is 0 Å². The molecule has 0 aliphatic rings. The Morgan fingerprint density at radius 1 is 0.186 bits per heavy atom. The summed E-state index contributed by atoms with van der Waals surface area (Å²) in [5.41, 5.74) is 0. The van der Waals surface area contributed by atoms with Gasteiger partial charge in [0.05, 0.1) is 0 Å². The van der Waals surface area contributed by atoms with Gasteiger partial charge in [0.25, 0.3) is 0 Å². The topological polar surface area (TPSA) is 892 Å². The summed E-state index contributed by atoms with van der Waals surface area (Å²) in [6.45, 7) is 0. The molecule has 18 N–H and O–H groups in total. The van der Waals surface area contributed by atoms with Crippen LogP contribution in [0.4, 0.5) is 0 Å². The second kappa shape index (κ2) is 107. The fourth-order valence-electron chi connectivity index (χ4n) is 0. The van der Waals surface area contributed by atoms with Gasteiger partial charge in [0.2, 0.25) is 0 Å². The molecule has 0 aromatic rings. The van der Waals surface area contributed by atoms with Gasteiger partial charge in [-0.25, -0.2) is 4.57 Å². The van der Waals surface area contributed by atoms with E-state index in [1.807, 2.05) is 0 Å². The van der Waals surface area contributed by atoms with Crippen LogP contribution < -0.4 is 18.5 Å². The summed E-state index contributed by atoms with van der Waals surface area (Å²) in [6.07, 6.45) is 0. The SMILES string of the molecule is N.N.N.O.O.O.O=P(O)(O)O.[O]=[W](=[O])=[O].[O]=[W](=[O])=[O].[O]=[W](=[O])=[O].[O]=[W](=[O])=[O].[O]=[W](=[O])=[O].[O]=[W](=[O])=[O].[O]=[W](=[O])=[O].[O]=[W](=[O])=[O].[O]=[W](=[O])=[O].[O]=[W](=[O])=[O].[O]=[W](=[O])=[O].[O]=[W](=[O])=[O]. The van der Waals surface area contributed by atoms with Crippen LogP contribution in [0.1, 0.15) is 0 Å². The molecule has 59 heteroatoms. The van der Waals surface area contributed by atoms with Gasteiger partial charge in [0.1, 0.15) is 0 Å². The predicted molar refractivity (Wildman–Crippen MR) is 64.9 cm³/mol. The first-order valence-electron chi connectivity index (χ1n) is 6.78. The average Bonchev–Trinajstić information content (AvgIpc) is 2.66. The Kier molecular flexibility index (Phi) is 226. The first kappa shape index (κ1) is 124. The van der Waals surface area contributed by atoms with Crippen LogP contribution in [-0.4, -0.2) is 31.1 Å². The molecule has 0 heterocycles. The number of phosphoric acid groups is 1. The van der Waals surface area contributed by atoms with Crippen LogP contribution in [0.15, 0.2) is 0 Å². The maximum atomic E-state index is 8.88. The van der Waals surface area contributed by atoms with E-state index >= 15 is 0 Å². The molecule has 0 saturated heterocycles. The summed E-state index contributed by atoms with van der Waals surface area (Å²) >= 11 is -51.3. The predicted octanol–water partition coefficient (Wildman–Crippen LogP) is -7.22. The van der Waals surface area contributed by atoms with Crippen LogP contribution >= 0.6 is 7.82 Å². The van der Waals surface area contributed by atoms with Crippen LogP contribution in [0.5, 0.6) is 0 Å². The molecule has 0 unspecified atom stereocenters. The van der Waals surface area contributed by atoms with Crippen LogP contribution in [0.25, 0.3) is 0 Å². The molecule has 0 bridgehead atoms. The van der Waals surface area contributed by atoms with Crippen molar-refractivity contribution in [2.45, 2.75) is 0 Å². The maximum absolute atomic E-state index is 8.88. The zero-order valence-electron chi connectivity index (χ0n) is 25.4. The van der Waals surface area contributed by atoms with E-state index < -0.39 is 214 Å². The van der Waals surface area contributed by atoms with Crippen LogP contribution in [0.2, 0.25) is 0 Å². The molecule has 0 aromatic heterocycles. The molecule has 0 aromatic carbocycles. The summed E-state index contributed by atoms with van der Waals surface area (Å²) in [5.74, 6) is 0. The van der Waals surface area contributed by atoms with E-state index in [0.29, 0.717) is 0 Å². The minimum absolute atomic E-state index is 0. The van der Waals surface area contributed by atoms with Crippen molar-refractivity contribution in [3.63, 3.8) is 0 Å². The Morgan fingerprint density at radius 3 is 0.186 bits per heavy atom. The molecule has 0 fully saturated rings. The number of hydrogen-bond donors (Lipinski definition) is 6. The van der Waals surface area contributed by atoms with Gasteiger partial charge >= 0.3 is 337 Å². The van der Waals surface area contributed by atoms with Gasteiger partial charge in [-0.1, -0.05) is 0 Å². The van der Waals surface area contributed by atoms with Crippen molar-refractivity contribution in [3.05, 3.63) is 0 Å². The van der Waals surface area contributed by atoms with Gasteiger partial charge in [-0.3, -0.25) is 0 Å². The molecule has 368 valence electrons. The van der Waals surface area contributed by atoms with E-state index in [9.17, 15) is 0 Å². The molecule has 0 saturated carbocycles. The van der Waals surface area contributed by atoms with Crippen molar-refractivity contribution in [2.75, 3.05) is 0 Å². The van der Waals surface area contributed by atoms with E-state index in [4.69, 9.17) is 142 Å². The molecule has 0 atom stereocenters. The van der Waals surface area contributed by atoms with Crippen molar-refractivity contribution >= 4 is 7.82 Å². The van der Waals surface area contributed by atoms with Crippen LogP contribution in [0, 0.1) is 0 Å². The Morgan fingerprint density at radius 2 is 0.186 bits per heavy atom. The van der Waals surface area contributed by atoms with Crippen molar-refractivity contribution < 1.29 is 364 Å². The van der Waals surface area contributed by atoms with Crippen molar-refractivity contribution in [1.29, 1.82) is 0 Å². The fourth-order valence-corrected chi connectivity index (χ4v) is 0. The Hall–Kier alpha value is 0.930. The molecule has 59 heavy (non-hydrogen) atoms. The molecule has 0 aliphatic carbocycles. The zero-order chi connectivity index (χ0) is 47.4. The molecular formula is H18N3O43PW12. The number of rotatable bonds is 0. The Balaban J connectivity index is -0.0000000171. The summed E-state index contributed by atoms with van der Waals surface area (Å²) in [7, 11) is -4.64. The van der Waals surface area contributed by atoms with Crippen molar-refractivity contribution in [2.24, 2.45) is 0 Å². The quantitative estimate of drug-likeness (QED) is 0.123. The summed E-state index contributed by atoms with van der Waals surface area (Å²) < 4.78 is 319. The van der Waals surface area contributed by atoms with E-state index in [0.717, 1.165) is 0 Å². The Bertz CT molecular complexity index is 1700. The van der Waals surface area contributed by atoms with E-state index in [2.05, 4.69) is 0 Å². The normalized spacial score (nSPS) is 5.88. The first-order chi connectivity index (χ1) is 22.8. The Labute approximate surface area is 384 Å². The molecule has 0 spiro atoms. The average molecular weight is 2990 g/mol. The summed E-state index contributed by atoms with van der Waals surface area (Å²) in [4.78, 5) is 21.6. The van der Waals surface area contributed by atoms with E-state index in [-0.39, 0.29) is 34.9 Å². The van der Waals surface area contributed by atoms with Gasteiger partial charge in [0.15, 0.2) is 0 Å². The molecule has 0 amide bonds. The fraction of sp³-hybridized carbons (Fsp3) is 0. The third-order valence-electron chi connectivity index (χ3n) is 0. The summed E-state index contributed by atoms with van der Waals surface area (Å²) in [5, 5.41) is 0. The van der Waals surface area contributed by atoms with Crippen LogP contribution in [-0.2, 0) is 333 Å². The van der Waals surface area contributed by atoms with Crippen molar-refractivity contribution in [3.8, 4) is 0 Å². The second-order valence-corrected chi connectivity index (χ2v) is 21.6. The van der Waals surface area contributed by atoms with Gasteiger partial charge in [0, 0.05) is 0 Å². The third kappa shape index (κ3) is 221000. The third-order valence-corrected chi connectivity index (χ3v) is 0. The van der Waals surface area contributed by atoms with Crippen molar-refractivity contribution in [1.82, 2.24) is 18.5 Å².